The van der Waals surface area contributed by atoms with Crippen LogP contribution in [0.25, 0.3) is 0 Å². The molecule has 2 aromatic rings. The lowest BCUT2D eigenvalue weighted by Gasteiger charge is -2.08. The molecule has 0 saturated heterocycles. The molecule has 0 aliphatic rings. The van der Waals surface area contributed by atoms with Crippen molar-refractivity contribution < 1.29 is 9.21 Å². The van der Waals surface area contributed by atoms with E-state index < -0.39 is 5.63 Å². The molecule has 0 fully saturated rings. The highest BCUT2D eigenvalue weighted by Crippen LogP contribution is 2.15. The predicted octanol–water partition coefficient (Wildman–Crippen LogP) is 1.35. The SMILES string of the molecule is NCc1ccccc1NC(=O)c1ccc(=O)oc1. The van der Waals surface area contributed by atoms with E-state index in [1.165, 1.54) is 12.1 Å². The summed E-state index contributed by atoms with van der Waals surface area (Å²) in [7, 11) is 0. The molecular weight excluding hydrogens is 232 g/mol. The molecule has 18 heavy (non-hydrogen) atoms. The molecule has 0 spiro atoms. The number of carbonyl (C=O) groups excluding carboxylic acids is 1. The Labute approximate surface area is 103 Å². The van der Waals surface area contributed by atoms with Crippen molar-refractivity contribution in [2.45, 2.75) is 6.54 Å². The van der Waals surface area contributed by atoms with Crippen molar-refractivity contribution in [1.82, 2.24) is 0 Å². The number of carbonyl (C=O) groups is 1. The van der Waals surface area contributed by atoms with Crippen molar-refractivity contribution in [3.63, 3.8) is 0 Å². The van der Waals surface area contributed by atoms with E-state index in [0.717, 1.165) is 11.8 Å². The third kappa shape index (κ3) is 2.64. The summed E-state index contributed by atoms with van der Waals surface area (Å²) in [4.78, 5) is 22.7. The summed E-state index contributed by atoms with van der Waals surface area (Å²) in [6, 6.07) is 9.86. The average Bonchev–Trinajstić information content (AvgIpc) is 2.40. The van der Waals surface area contributed by atoms with E-state index in [1.807, 2.05) is 12.1 Å². The third-order valence-corrected chi connectivity index (χ3v) is 2.45. The van der Waals surface area contributed by atoms with E-state index in [2.05, 4.69) is 9.73 Å². The van der Waals surface area contributed by atoms with Gasteiger partial charge in [-0.3, -0.25) is 4.79 Å². The maximum absolute atomic E-state index is 11.9. The molecular formula is C13H12N2O3. The van der Waals surface area contributed by atoms with Crippen LogP contribution in [0.4, 0.5) is 5.69 Å². The molecule has 5 heteroatoms. The zero-order valence-electron chi connectivity index (χ0n) is 9.55. The van der Waals surface area contributed by atoms with Crippen molar-refractivity contribution in [2.24, 2.45) is 5.73 Å². The fourth-order valence-electron chi connectivity index (χ4n) is 1.50. The number of nitrogens with two attached hydrogens (primary N) is 1. The minimum Gasteiger partial charge on any atom is -0.430 e. The standard InChI is InChI=1S/C13H12N2O3/c14-7-9-3-1-2-4-11(9)15-13(17)10-5-6-12(16)18-8-10/h1-6,8H,7,14H2,(H,15,17). The largest absolute Gasteiger partial charge is 0.430 e. The minimum atomic E-state index is -0.492. The van der Waals surface area contributed by atoms with Gasteiger partial charge in [-0.1, -0.05) is 18.2 Å². The number of hydrogen-bond acceptors (Lipinski definition) is 4. The smallest absolute Gasteiger partial charge is 0.335 e. The Balaban J connectivity index is 2.21. The zero-order chi connectivity index (χ0) is 13.0. The Hall–Kier alpha value is -2.40. The van der Waals surface area contributed by atoms with E-state index in [9.17, 15) is 9.59 Å². The number of amides is 1. The van der Waals surface area contributed by atoms with E-state index >= 15 is 0 Å². The van der Waals surface area contributed by atoms with Gasteiger partial charge in [-0.2, -0.15) is 0 Å². The second-order valence-electron chi connectivity index (χ2n) is 3.66. The van der Waals surface area contributed by atoms with E-state index in [1.54, 1.807) is 12.1 Å². The fourth-order valence-corrected chi connectivity index (χ4v) is 1.50. The van der Waals surface area contributed by atoms with Crippen LogP contribution in [0, 0.1) is 0 Å². The first-order chi connectivity index (χ1) is 8.70. The molecule has 0 unspecified atom stereocenters. The van der Waals surface area contributed by atoms with Crippen molar-refractivity contribution in [1.29, 1.82) is 0 Å². The molecule has 0 radical (unpaired) electrons. The summed E-state index contributed by atoms with van der Waals surface area (Å²) in [6.45, 7) is 0.334. The highest BCUT2D eigenvalue weighted by molar-refractivity contribution is 6.04. The van der Waals surface area contributed by atoms with Gasteiger partial charge in [-0.25, -0.2) is 4.79 Å². The molecule has 1 amide bonds. The van der Waals surface area contributed by atoms with Crippen LogP contribution in [0.3, 0.4) is 0 Å². The summed E-state index contributed by atoms with van der Waals surface area (Å²) in [5.41, 5.74) is 6.85. The molecule has 5 nitrogen and oxygen atoms in total. The van der Waals surface area contributed by atoms with Gasteiger partial charge in [0.25, 0.3) is 5.91 Å². The van der Waals surface area contributed by atoms with Crippen LogP contribution >= 0.6 is 0 Å². The monoisotopic (exact) mass is 244 g/mol. The first-order valence-corrected chi connectivity index (χ1v) is 5.39. The Morgan fingerprint density at radius 2 is 2.00 bits per heavy atom. The number of para-hydroxylation sites is 1. The van der Waals surface area contributed by atoms with Crippen molar-refractivity contribution in [3.05, 3.63) is 64.2 Å². The quantitative estimate of drug-likeness (QED) is 0.853. The Morgan fingerprint density at radius 3 is 2.67 bits per heavy atom. The zero-order valence-corrected chi connectivity index (χ0v) is 9.55. The van der Waals surface area contributed by atoms with Crippen LogP contribution in [0.15, 0.2) is 51.9 Å². The molecule has 0 bridgehead atoms. The maximum atomic E-state index is 11.9. The molecule has 0 atom stereocenters. The van der Waals surface area contributed by atoms with E-state index in [4.69, 9.17) is 5.73 Å². The van der Waals surface area contributed by atoms with Gasteiger partial charge in [-0.05, 0) is 17.7 Å². The highest BCUT2D eigenvalue weighted by Gasteiger charge is 2.08. The van der Waals surface area contributed by atoms with Crippen LogP contribution in [0.2, 0.25) is 0 Å². The van der Waals surface area contributed by atoms with E-state index in [0.29, 0.717) is 12.2 Å². The van der Waals surface area contributed by atoms with Crippen molar-refractivity contribution in [2.75, 3.05) is 5.32 Å². The lowest BCUT2D eigenvalue weighted by atomic mass is 10.1. The van der Waals surface area contributed by atoms with Gasteiger partial charge >= 0.3 is 5.63 Å². The third-order valence-electron chi connectivity index (χ3n) is 2.45. The van der Waals surface area contributed by atoms with Gasteiger partial charge in [0, 0.05) is 18.3 Å². The minimum absolute atomic E-state index is 0.279. The highest BCUT2D eigenvalue weighted by atomic mass is 16.4. The van der Waals surface area contributed by atoms with Gasteiger partial charge in [0.2, 0.25) is 0 Å². The van der Waals surface area contributed by atoms with Crippen molar-refractivity contribution >= 4 is 11.6 Å². The number of benzene rings is 1. The van der Waals surface area contributed by atoms with E-state index in [-0.39, 0.29) is 11.5 Å². The molecule has 0 aliphatic heterocycles. The van der Waals surface area contributed by atoms with Crippen LogP contribution in [-0.2, 0) is 6.54 Å². The number of anilines is 1. The van der Waals surface area contributed by atoms with Crippen LogP contribution in [0.1, 0.15) is 15.9 Å². The lowest BCUT2D eigenvalue weighted by molar-refractivity contribution is 0.102. The fraction of sp³-hybridized carbons (Fsp3) is 0.0769. The normalized spacial score (nSPS) is 10.1. The topological polar surface area (TPSA) is 85.3 Å². The summed E-state index contributed by atoms with van der Waals surface area (Å²) in [6.07, 6.45) is 1.13. The maximum Gasteiger partial charge on any atom is 0.335 e. The first kappa shape index (κ1) is 12.1. The summed E-state index contributed by atoms with van der Waals surface area (Å²) >= 11 is 0. The average molecular weight is 244 g/mol. The second-order valence-corrected chi connectivity index (χ2v) is 3.66. The van der Waals surface area contributed by atoms with Crippen LogP contribution in [-0.4, -0.2) is 5.91 Å². The van der Waals surface area contributed by atoms with Gasteiger partial charge < -0.3 is 15.5 Å². The van der Waals surface area contributed by atoms with Gasteiger partial charge in [0.05, 0.1) is 5.56 Å². The van der Waals surface area contributed by atoms with Gasteiger partial charge in [0.1, 0.15) is 6.26 Å². The molecule has 0 saturated carbocycles. The first-order valence-electron chi connectivity index (χ1n) is 5.39. The molecule has 1 aromatic heterocycles. The van der Waals surface area contributed by atoms with Gasteiger partial charge in [0.15, 0.2) is 0 Å². The Kier molecular flexibility index (Phi) is 3.54. The molecule has 1 aromatic carbocycles. The molecule has 1 heterocycles. The number of rotatable bonds is 3. The molecule has 3 N–H and O–H groups in total. The summed E-state index contributed by atoms with van der Waals surface area (Å²) < 4.78 is 4.63. The number of hydrogen-bond donors (Lipinski definition) is 2. The molecule has 2 rings (SSSR count). The van der Waals surface area contributed by atoms with Crippen LogP contribution < -0.4 is 16.7 Å². The Bertz CT molecular complexity index is 599. The number of nitrogens with one attached hydrogen (secondary N) is 1. The molecule has 92 valence electrons. The lowest BCUT2D eigenvalue weighted by Crippen LogP contribution is -2.15. The van der Waals surface area contributed by atoms with Gasteiger partial charge in [-0.15, -0.1) is 0 Å². The molecule has 0 aliphatic carbocycles. The second kappa shape index (κ2) is 5.29. The summed E-state index contributed by atoms with van der Waals surface area (Å²) in [5.74, 6) is -0.348. The summed E-state index contributed by atoms with van der Waals surface area (Å²) in [5, 5.41) is 2.72. The van der Waals surface area contributed by atoms with Crippen LogP contribution in [0.5, 0.6) is 0 Å². The Morgan fingerprint density at radius 1 is 1.22 bits per heavy atom. The predicted molar refractivity (Wildman–Crippen MR) is 67.3 cm³/mol. The van der Waals surface area contributed by atoms with Crippen molar-refractivity contribution in [3.8, 4) is 0 Å².